The van der Waals surface area contributed by atoms with Gasteiger partial charge in [-0.25, -0.2) is 9.97 Å². The third kappa shape index (κ3) is 4.19. The average Bonchev–Trinajstić information content (AvgIpc) is 3.15. The van der Waals surface area contributed by atoms with Crippen molar-refractivity contribution < 1.29 is 14.6 Å². The molecule has 1 aromatic rings. The minimum absolute atomic E-state index is 0.116. The van der Waals surface area contributed by atoms with Crippen LogP contribution in [0.4, 0.5) is 0 Å². The standard InChI is InChI=1S/C18H28N4O3S/c1-3-26-17-19-6-14(7-20-17)8-21-9-15-10-22(16(24)4-5-25-2)12-18(15,11-21)13-23/h6-7,15,23H,3-5,8-13H2,1-2H3/t15-,18+/m0/s1. The Balaban J connectivity index is 1.58. The molecule has 8 heteroatoms. The summed E-state index contributed by atoms with van der Waals surface area (Å²) in [5.41, 5.74) is 0.883. The molecule has 144 valence electrons. The molecule has 2 aliphatic rings. The minimum Gasteiger partial charge on any atom is -0.396 e. The topological polar surface area (TPSA) is 78.8 Å². The normalized spacial score (nSPS) is 25.7. The highest BCUT2D eigenvalue weighted by Crippen LogP contribution is 2.42. The van der Waals surface area contributed by atoms with Gasteiger partial charge < -0.3 is 14.7 Å². The molecule has 2 saturated heterocycles. The molecule has 0 aromatic carbocycles. The second kappa shape index (κ2) is 8.65. The van der Waals surface area contributed by atoms with Gasteiger partial charge in [0.25, 0.3) is 0 Å². The van der Waals surface area contributed by atoms with Crippen molar-refractivity contribution in [1.82, 2.24) is 19.8 Å². The zero-order valence-corrected chi connectivity index (χ0v) is 16.4. The van der Waals surface area contributed by atoms with Crippen molar-refractivity contribution in [3.05, 3.63) is 18.0 Å². The number of hydrogen-bond donors (Lipinski definition) is 1. The van der Waals surface area contributed by atoms with E-state index in [2.05, 4.69) is 21.8 Å². The predicted octanol–water partition coefficient (Wildman–Crippen LogP) is 0.878. The van der Waals surface area contributed by atoms with Gasteiger partial charge in [-0.15, -0.1) is 0 Å². The second-order valence-electron chi connectivity index (χ2n) is 7.21. The number of likely N-dealkylation sites (tertiary alicyclic amines) is 2. The van der Waals surface area contributed by atoms with Gasteiger partial charge in [0.1, 0.15) is 0 Å². The van der Waals surface area contributed by atoms with Crippen molar-refractivity contribution in [3.8, 4) is 0 Å². The van der Waals surface area contributed by atoms with Crippen molar-refractivity contribution in [1.29, 1.82) is 0 Å². The summed E-state index contributed by atoms with van der Waals surface area (Å²) < 4.78 is 5.01. The third-order valence-electron chi connectivity index (χ3n) is 5.38. The highest BCUT2D eigenvalue weighted by atomic mass is 32.2. The molecule has 1 aromatic heterocycles. The number of carbonyl (C=O) groups is 1. The van der Waals surface area contributed by atoms with Crippen molar-refractivity contribution in [2.75, 3.05) is 52.3 Å². The van der Waals surface area contributed by atoms with E-state index in [4.69, 9.17) is 4.74 Å². The number of aliphatic hydroxyl groups is 1. The number of thioether (sulfide) groups is 1. The Labute approximate surface area is 159 Å². The number of aliphatic hydroxyl groups excluding tert-OH is 1. The van der Waals surface area contributed by atoms with Crippen molar-refractivity contribution in [2.24, 2.45) is 11.3 Å². The van der Waals surface area contributed by atoms with Crippen molar-refractivity contribution in [2.45, 2.75) is 25.0 Å². The van der Waals surface area contributed by atoms with E-state index in [1.165, 1.54) is 0 Å². The Morgan fingerprint density at radius 2 is 2.15 bits per heavy atom. The summed E-state index contributed by atoms with van der Waals surface area (Å²) in [6.45, 7) is 6.48. The highest BCUT2D eigenvalue weighted by Gasteiger charge is 2.52. The second-order valence-corrected chi connectivity index (χ2v) is 8.44. The largest absolute Gasteiger partial charge is 0.396 e. The van der Waals surface area contributed by atoms with Gasteiger partial charge >= 0.3 is 0 Å². The Hall–Kier alpha value is -1.22. The molecule has 3 heterocycles. The zero-order valence-electron chi connectivity index (χ0n) is 15.6. The summed E-state index contributed by atoms with van der Waals surface area (Å²) in [5, 5.41) is 10.9. The van der Waals surface area contributed by atoms with E-state index in [-0.39, 0.29) is 17.9 Å². The Morgan fingerprint density at radius 1 is 1.38 bits per heavy atom. The predicted molar refractivity (Wildman–Crippen MR) is 99.8 cm³/mol. The van der Waals surface area contributed by atoms with E-state index < -0.39 is 0 Å². The van der Waals surface area contributed by atoms with Crippen LogP contribution in [0.2, 0.25) is 0 Å². The SMILES string of the molecule is CCSc1ncc(CN2C[C@H]3CN(C(=O)CCOC)C[C@@]3(CO)C2)cn1. The van der Waals surface area contributed by atoms with Gasteiger partial charge in [0, 0.05) is 63.2 Å². The van der Waals surface area contributed by atoms with E-state index >= 15 is 0 Å². The number of nitrogens with zero attached hydrogens (tertiary/aromatic N) is 4. The summed E-state index contributed by atoms with van der Waals surface area (Å²) in [5.74, 6) is 1.40. The number of aromatic nitrogens is 2. The molecule has 2 fully saturated rings. The molecule has 2 aliphatic heterocycles. The number of rotatable bonds is 8. The molecule has 26 heavy (non-hydrogen) atoms. The molecule has 7 nitrogen and oxygen atoms in total. The van der Waals surface area contributed by atoms with E-state index in [1.54, 1.807) is 18.9 Å². The van der Waals surface area contributed by atoms with Gasteiger partial charge in [0.05, 0.1) is 19.6 Å². The number of carbonyl (C=O) groups excluding carboxylic acids is 1. The van der Waals surface area contributed by atoms with Crippen molar-refractivity contribution >= 4 is 17.7 Å². The summed E-state index contributed by atoms with van der Waals surface area (Å²) in [6.07, 6.45) is 4.20. The molecule has 3 rings (SSSR count). The molecule has 0 aliphatic carbocycles. The van der Waals surface area contributed by atoms with E-state index in [1.807, 2.05) is 17.3 Å². The first kappa shape index (κ1) is 19.5. The fraction of sp³-hybridized carbons (Fsp3) is 0.722. The lowest BCUT2D eigenvalue weighted by Gasteiger charge is -2.27. The van der Waals surface area contributed by atoms with Crippen LogP contribution in [-0.4, -0.2) is 83.0 Å². The smallest absolute Gasteiger partial charge is 0.224 e. The molecular formula is C18H28N4O3S. The monoisotopic (exact) mass is 380 g/mol. The molecule has 2 atom stereocenters. The fourth-order valence-corrected chi connectivity index (χ4v) is 4.57. The van der Waals surface area contributed by atoms with Crippen LogP contribution in [0.5, 0.6) is 0 Å². The van der Waals surface area contributed by atoms with Crippen molar-refractivity contribution in [3.63, 3.8) is 0 Å². The van der Waals surface area contributed by atoms with Gasteiger partial charge in [-0.05, 0) is 11.7 Å². The molecule has 0 unspecified atom stereocenters. The Bertz CT molecular complexity index is 615. The maximum atomic E-state index is 12.3. The van der Waals surface area contributed by atoms with Crippen LogP contribution in [0.1, 0.15) is 18.9 Å². The zero-order chi connectivity index (χ0) is 18.6. The van der Waals surface area contributed by atoms with E-state index in [0.717, 1.165) is 42.7 Å². The van der Waals surface area contributed by atoms with E-state index in [9.17, 15) is 9.90 Å². The quantitative estimate of drug-likeness (QED) is 0.530. The first-order chi connectivity index (χ1) is 12.6. The Kier molecular flexibility index (Phi) is 6.50. The van der Waals surface area contributed by atoms with E-state index in [0.29, 0.717) is 25.5 Å². The lowest BCUT2D eigenvalue weighted by molar-refractivity contribution is -0.131. The van der Waals surface area contributed by atoms with Gasteiger partial charge in [0.15, 0.2) is 5.16 Å². The summed E-state index contributed by atoms with van der Waals surface area (Å²) >= 11 is 1.64. The summed E-state index contributed by atoms with van der Waals surface area (Å²) in [7, 11) is 1.61. The maximum Gasteiger partial charge on any atom is 0.224 e. The number of fused-ring (bicyclic) bond motifs is 1. The maximum absolute atomic E-state index is 12.3. The highest BCUT2D eigenvalue weighted by molar-refractivity contribution is 7.99. The minimum atomic E-state index is -0.207. The molecule has 1 amide bonds. The number of ether oxygens (including phenoxy) is 1. The molecule has 0 saturated carbocycles. The lowest BCUT2D eigenvalue weighted by atomic mass is 9.82. The van der Waals surface area contributed by atoms with Crippen LogP contribution < -0.4 is 0 Å². The van der Waals surface area contributed by atoms with Gasteiger partial charge in [0.2, 0.25) is 5.91 Å². The average molecular weight is 381 g/mol. The molecule has 1 N–H and O–H groups in total. The van der Waals surface area contributed by atoms with Crippen LogP contribution in [0.25, 0.3) is 0 Å². The molecule has 0 spiro atoms. The van der Waals surface area contributed by atoms with Crippen LogP contribution >= 0.6 is 11.8 Å². The first-order valence-electron chi connectivity index (χ1n) is 9.14. The fourth-order valence-electron chi connectivity index (χ4n) is 4.06. The number of methoxy groups -OCH3 is 1. The molecular weight excluding hydrogens is 352 g/mol. The summed E-state index contributed by atoms with van der Waals surface area (Å²) in [4.78, 5) is 25.3. The third-order valence-corrected chi connectivity index (χ3v) is 6.14. The van der Waals surface area contributed by atoms with Crippen LogP contribution in [0.3, 0.4) is 0 Å². The lowest BCUT2D eigenvalue weighted by Crippen LogP contribution is -2.39. The van der Waals surface area contributed by atoms with Gasteiger partial charge in [-0.3, -0.25) is 9.69 Å². The molecule has 0 bridgehead atoms. The summed E-state index contributed by atoms with van der Waals surface area (Å²) in [6, 6.07) is 0. The number of amides is 1. The van der Waals surface area contributed by atoms with Gasteiger partial charge in [-0.1, -0.05) is 18.7 Å². The first-order valence-corrected chi connectivity index (χ1v) is 10.1. The van der Waals surface area contributed by atoms with Gasteiger partial charge in [-0.2, -0.15) is 0 Å². The number of hydrogen-bond acceptors (Lipinski definition) is 7. The van der Waals surface area contributed by atoms with Crippen LogP contribution in [0, 0.1) is 11.3 Å². The van der Waals surface area contributed by atoms with Crippen LogP contribution in [-0.2, 0) is 16.1 Å². The van der Waals surface area contributed by atoms with Crippen LogP contribution in [0.15, 0.2) is 17.6 Å². The molecule has 0 radical (unpaired) electrons. The Morgan fingerprint density at radius 3 is 2.77 bits per heavy atom.